The van der Waals surface area contributed by atoms with Crippen molar-refractivity contribution < 1.29 is 0 Å². The van der Waals surface area contributed by atoms with Gasteiger partial charge in [0.25, 0.3) is 0 Å². The molecule has 0 aliphatic heterocycles. The van der Waals surface area contributed by atoms with Crippen molar-refractivity contribution in [1.82, 2.24) is 19.5 Å². The van der Waals surface area contributed by atoms with Gasteiger partial charge in [0, 0.05) is 33.2 Å². The van der Waals surface area contributed by atoms with E-state index in [0.717, 1.165) is 22.4 Å². The Hall–Kier alpha value is -7.43. The van der Waals surface area contributed by atoms with Crippen LogP contribution in [0.1, 0.15) is 22.3 Å². The van der Waals surface area contributed by atoms with Crippen LogP contribution in [0.25, 0.3) is 72.8 Å². The monoisotopic (exact) mass is 714 g/mol. The second-order valence-electron chi connectivity index (χ2n) is 14.4. The molecular weight excluding hydrogens is 681 g/mol. The van der Waals surface area contributed by atoms with Crippen LogP contribution < -0.4 is 0 Å². The van der Waals surface area contributed by atoms with E-state index in [0.29, 0.717) is 17.5 Å². The number of nitrogens with zero attached hydrogens (tertiary/aromatic N) is 4. The lowest BCUT2D eigenvalue weighted by molar-refractivity contribution is 0.767. The first-order valence-electron chi connectivity index (χ1n) is 19.0. The van der Waals surface area contributed by atoms with Crippen molar-refractivity contribution in [2.24, 2.45) is 0 Å². The molecule has 0 radical (unpaired) electrons. The van der Waals surface area contributed by atoms with Crippen LogP contribution in [0, 0.1) is 0 Å². The fourth-order valence-electron chi connectivity index (χ4n) is 8.89. The van der Waals surface area contributed by atoms with Crippen molar-refractivity contribution in [3.8, 4) is 51.0 Å². The Bertz CT molecular complexity index is 2950. The molecule has 0 saturated heterocycles. The standard InChI is InChI=1S/C52H34N4/c1-4-16-35(17-5-1)49-53-50(36-18-6-2-7-19-36)55-51(54-49)37-28-30-39(31-29-37)52(38-20-8-3-9-21-38)45-25-13-10-22-41(45)42-33-32-40(34-46(42)52)56-47-26-14-11-23-43(47)44-24-12-15-27-48(44)56/h1-34H. The Balaban J connectivity index is 1.13. The Morgan fingerprint density at radius 1 is 0.339 bits per heavy atom. The quantitative estimate of drug-likeness (QED) is 0.172. The van der Waals surface area contributed by atoms with Gasteiger partial charge in [-0.1, -0.05) is 182 Å². The van der Waals surface area contributed by atoms with Gasteiger partial charge in [-0.25, -0.2) is 15.0 Å². The second-order valence-corrected chi connectivity index (χ2v) is 14.4. The molecule has 1 atom stereocenters. The molecule has 4 nitrogen and oxygen atoms in total. The summed E-state index contributed by atoms with van der Waals surface area (Å²) in [4.78, 5) is 15.0. The van der Waals surface area contributed by atoms with E-state index in [1.54, 1.807) is 0 Å². The molecule has 8 aromatic carbocycles. The van der Waals surface area contributed by atoms with Crippen LogP contribution in [0.3, 0.4) is 0 Å². The molecule has 11 rings (SSSR count). The smallest absolute Gasteiger partial charge is 0.164 e. The SMILES string of the molecule is c1ccc(-c2nc(-c3ccccc3)nc(-c3ccc(C4(c5ccccc5)c5ccccc5-c5ccc(-n6c7ccccc7c7ccccc76)cc54)cc3)n2)cc1. The van der Waals surface area contributed by atoms with Gasteiger partial charge in [0.15, 0.2) is 17.5 Å². The van der Waals surface area contributed by atoms with Crippen LogP contribution in [0.15, 0.2) is 206 Å². The number of fused-ring (bicyclic) bond motifs is 6. The summed E-state index contributed by atoms with van der Waals surface area (Å²) in [7, 11) is 0. The largest absolute Gasteiger partial charge is 0.309 e. The van der Waals surface area contributed by atoms with Crippen LogP contribution in [0.2, 0.25) is 0 Å². The average molecular weight is 715 g/mol. The van der Waals surface area contributed by atoms with E-state index in [4.69, 9.17) is 15.0 Å². The van der Waals surface area contributed by atoms with Gasteiger partial charge in [0.05, 0.1) is 16.4 Å². The van der Waals surface area contributed by atoms with Crippen LogP contribution in [-0.4, -0.2) is 19.5 Å². The van der Waals surface area contributed by atoms with E-state index in [9.17, 15) is 0 Å². The van der Waals surface area contributed by atoms with E-state index in [2.05, 4.69) is 150 Å². The van der Waals surface area contributed by atoms with Crippen molar-refractivity contribution in [2.45, 2.75) is 5.41 Å². The fraction of sp³-hybridized carbons (Fsp3) is 0.0192. The summed E-state index contributed by atoms with van der Waals surface area (Å²) in [6.07, 6.45) is 0. The molecule has 1 aliphatic rings. The maximum Gasteiger partial charge on any atom is 0.164 e. The predicted octanol–water partition coefficient (Wildman–Crippen LogP) is 12.3. The van der Waals surface area contributed by atoms with E-state index in [-0.39, 0.29) is 0 Å². The van der Waals surface area contributed by atoms with E-state index in [1.807, 2.05) is 60.7 Å². The summed E-state index contributed by atoms with van der Waals surface area (Å²) in [6, 6.07) is 73.5. The minimum Gasteiger partial charge on any atom is -0.309 e. The summed E-state index contributed by atoms with van der Waals surface area (Å²) in [6.45, 7) is 0. The fourth-order valence-corrected chi connectivity index (χ4v) is 8.89. The van der Waals surface area contributed by atoms with Crippen LogP contribution in [0.4, 0.5) is 0 Å². The van der Waals surface area contributed by atoms with Crippen molar-refractivity contribution in [3.05, 3.63) is 229 Å². The molecule has 0 saturated carbocycles. The second kappa shape index (κ2) is 12.9. The van der Waals surface area contributed by atoms with Crippen molar-refractivity contribution in [2.75, 3.05) is 0 Å². The molecule has 2 heterocycles. The van der Waals surface area contributed by atoms with Gasteiger partial charge in [-0.15, -0.1) is 0 Å². The van der Waals surface area contributed by atoms with Crippen LogP contribution in [-0.2, 0) is 5.41 Å². The number of hydrogen-bond donors (Lipinski definition) is 0. The Labute approximate surface area is 325 Å². The van der Waals surface area contributed by atoms with Gasteiger partial charge in [-0.2, -0.15) is 0 Å². The zero-order chi connectivity index (χ0) is 37.1. The van der Waals surface area contributed by atoms with Gasteiger partial charge >= 0.3 is 0 Å². The van der Waals surface area contributed by atoms with Gasteiger partial charge < -0.3 is 4.57 Å². The minimum absolute atomic E-state index is 0.579. The zero-order valence-electron chi connectivity index (χ0n) is 30.4. The highest BCUT2D eigenvalue weighted by Gasteiger charge is 2.46. The summed E-state index contributed by atoms with van der Waals surface area (Å²) in [5.74, 6) is 1.94. The molecule has 0 fully saturated rings. The summed E-state index contributed by atoms with van der Waals surface area (Å²) < 4.78 is 2.42. The maximum absolute atomic E-state index is 5.04. The highest BCUT2D eigenvalue weighted by molar-refractivity contribution is 6.09. The zero-order valence-corrected chi connectivity index (χ0v) is 30.4. The molecule has 0 bridgehead atoms. The van der Waals surface area contributed by atoms with Crippen LogP contribution >= 0.6 is 0 Å². The third kappa shape index (κ3) is 4.89. The Kier molecular flexibility index (Phi) is 7.36. The topological polar surface area (TPSA) is 43.6 Å². The minimum atomic E-state index is -0.579. The number of rotatable bonds is 6. The lowest BCUT2D eigenvalue weighted by atomic mass is 9.67. The Morgan fingerprint density at radius 2 is 0.786 bits per heavy atom. The van der Waals surface area contributed by atoms with E-state index < -0.39 is 5.41 Å². The van der Waals surface area contributed by atoms with Crippen molar-refractivity contribution in [1.29, 1.82) is 0 Å². The summed E-state index contributed by atoms with van der Waals surface area (Å²) in [5.41, 5.74) is 13.2. The first kappa shape index (κ1) is 32.0. The lowest BCUT2D eigenvalue weighted by Gasteiger charge is -2.34. The van der Waals surface area contributed by atoms with Crippen molar-refractivity contribution in [3.63, 3.8) is 0 Å². The maximum atomic E-state index is 5.04. The molecule has 0 N–H and O–H groups in total. The lowest BCUT2D eigenvalue weighted by Crippen LogP contribution is -2.28. The van der Waals surface area contributed by atoms with Gasteiger partial charge in [0.2, 0.25) is 0 Å². The summed E-state index contributed by atoms with van der Waals surface area (Å²) in [5, 5.41) is 2.50. The normalized spacial score (nSPS) is 14.5. The van der Waals surface area contributed by atoms with Gasteiger partial charge in [-0.05, 0) is 57.6 Å². The highest BCUT2D eigenvalue weighted by Crippen LogP contribution is 2.56. The molecule has 0 amide bonds. The third-order valence-electron chi connectivity index (χ3n) is 11.3. The Morgan fingerprint density at radius 3 is 1.38 bits per heavy atom. The number of hydrogen-bond acceptors (Lipinski definition) is 3. The number of aromatic nitrogens is 4. The molecule has 4 heteroatoms. The molecule has 262 valence electrons. The van der Waals surface area contributed by atoms with Crippen LogP contribution in [0.5, 0.6) is 0 Å². The number of para-hydroxylation sites is 2. The molecule has 56 heavy (non-hydrogen) atoms. The molecule has 0 spiro atoms. The average Bonchev–Trinajstić information content (AvgIpc) is 3.78. The molecule has 1 unspecified atom stereocenters. The number of benzene rings is 8. The molecule has 2 aromatic heterocycles. The van der Waals surface area contributed by atoms with Crippen molar-refractivity contribution >= 4 is 21.8 Å². The van der Waals surface area contributed by atoms with Gasteiger partial charge in [-0.3, -0.25) is 0 Å². The highest BCUT2D eigenvalue weighted by atomic mass is 15.0. The van der Waals surface area contributed by atoms with Gasteiger partial charge in [0.1, 0.15) is 0 Å². The predicted molar refractivity (Wildman–Crippen MR) is 228 cm³/mol. The third-order valence-corrected chi connectivity index (χ3v) is 11.3. The van der Waals surface area contributed by atoms with E-state index >= 15 is 0 Å². The first-order chi connectivity index (χ1) is 27.8. The first-order valence-corrected chi connectivity index (χ1v) is 19.0. The summed E-state index contributed by atoms with van der Waals surface area (Å²) >= 11 is 0. The molecular formula is C52H34N4. The molecule has 1 aliphatic carbocycles. The van der Waals surface area contributed by atoms with E-state index in [1.165, 1.54) is 55.2 Å². The molecule has 10 aromatic rings.